The predicted octanol–water partition coefficient (Wildman–Crippen LogP) is 4.99. The number of rotatable bonds is 16. The molecule has 10 heteroatoms. The van der Waals surface area contributed by atoms with E-state index < -0.39 is 35.2 Å². The number of hydrogen-bond donors (Lipinski definition) is 3. The maximum Gasteiger partial charge on any atom is 0.407 e. The van der Waals surface area contributed by atoms with Crippen molar-refractivity contribution in [1.82, 2.24) is 10.6 Å². The average molecular weight is 604 g/mol. The number of anilines is 1. The molecule has 0 radical (unpaired) electrons. The van der Waals surface area contributed by atoms with Crippen molar-refractivity contribution in [3.8, 4) is 5.75 Å². The van der Waals surface area contributed by atoms with Crippen LogP contribution in [-0.2, 0) is 19.1 Å². The summed E-state index contributed by atoms with van der Waals surface area (Å²) in [6.45, 7) is 18.2. The fourth-order valence-electron chi connectivity index (χ4n) is 5.01. The van der Waals surface area contributed by atoms with Crippen LogP contribution in [0.3, 0.4) is 0 Å². The molecule has 1 unspecified atom stereocenters. The van der Waals surface area contributed by atoms with Crippen molar-refractivity contribution in [3.63, 3.8) is 0 Å². The lowest BCUT2D eigenvalue weighted by Gasteiger charge is -2.38. The first-order valence-electron chi connectivity index (χ1n) is 15.4. The van der Waals surface area contributed by atoms with Gasteiger partial charge < -0.3 is 34.9 Å². The molecular formula is C33H53N3O7. The van der Waals surface area contributed by atoms with Crippen LogP contribution in [0.25, 0.3) is 0 Å². The van der Waals surface area contributed by atoms with Gasteiger partial charge in [0.05, 0.1) is 37.6 Å². The first-order valence-corrected chi connectivity index (χ1v) is 15.4. The molecule has 4 atom stereocenters. The fraction of sp³-hybridized carbons (Fsp3) is 0.667. The Kier molecular flexibility index (Phi) is 14.0. The third kappa shape index (κ3) is 12.6. The van der Waals surface area contributed by atoms with Crippen molar-refractivity contribution in [2.45, 2.75) is 104 Å². The zero-order chi connectivity index (χ0) is 32.2. The SMILES string of the molecule is C=CCOCC1CN(C(=O)CC(C)(C)C[C@H](NC(=O)OC(C)(C)C)[C@@H](O)C[C@@H](C)C(=O)NCCCC)c2ccccc2O1. The first kappa shape index (κ1) is 36.1. The lowest BCUT2D eigenvalue weighted by atomic mass is 9.79. The molecule has 3 amide bonds. The summed E-state index contributed by atoms with van der Waals surface area (Å²) in [5.41, 5.74) is -0.672. The minimum Gasteiger partial charge on any atom is -0.484 e. The quantitative estimate of drug-likeness (QED) is 0.180. The molecule has 0 fully saturated rings. The van der Waals surface area contributed by atoms with Crippen molar-refractivity contribution in [2.75, 3.05) is 31.2 Å². The van der Waals surface area contributed by atoms with Gasteiger partial charge in [0, 0.05) is 18.9 Å². The molecule has 10 nitrogen and oxygen atoms in total. The van der Waals surface area contributed by atoms with Crippen LogP contribution in [0.2, 0.25) is 0 Å². The van der Waals surface area contributed by atoms with Crippen molar-refractivity contribution in [2.24, 2.45) is 11.3 Å². The highest BCUT2D eigenvalue weighted by molar-refractivity contribution is 5.95. The molecule has 1 aromatic carbocycles. The van der Waals surface area contributed by atoms with Crippen molar-refractivity contribution >= 4 is 23.6 Å². The number of fused-ring (bicyclic) bond motifs is 1. The predicted molar refractivity (Wildman–Crippen MR) is 168 cm³/mol. The van der Waals surface area contributed by atoms with Crippen LogP contribution in [0.1, 0.15) is 80.6 Å². The normalized spacial score (nSPS) is 17.1. The molecule has 0 bridgehead atoms. The number of benzene rings is 1. The largest absolute Gasteiger partial charge is 0.484 e. The summed E-state index contributed by atoms with van der Waals surface area (Å²) in [5, 5.41) is 17.0. The number of alkyl carbamates (subject to hydrolysis) is 1. The van der Waals surface area contributed by atoms with E-state index in [9.17, 15) is 19.5 Å². The monoisotopic (exact) mass is 603 g/mol. The standard InChI is InChI=1S/C33H53N3O7/c1-9-11-16-34-30(39)23(3)18-27(37)25(35-31(40)43-32(4,5)6)19-33(7,8)20-29(38)36-21-24(22-41-17-10-2)42-28-15-13-12-14-26(28)36/h10,12-15,23-25,27,37H,2,9,11,16-22H2,1,3-8H3,(H,34,39)(H,35,40)/t23-,24?,25+,27+/m1/s1. The number of nitrogens with zero attached hydrogens (tertiary/aromatic N) is 1. The van der Waals surface area contributed by atoms with Gasteiger partial charge in [-0.15, -0.1) is 6.58 Å². The minimum atomic E-state index is -1.04. The summed E-state index contributed by atoms with van der Waals surface area (Å²) in [5.74, 6) is -0.109. The number of hydrogen-bond acceptors (Lipinski definition) is 7. The Bertz CT molecular complexity index is 1070. The van der Waals surface area contributed by atoms with Crippen LogP contribution in [0.15, 0.2) is 36.9 Å². The Balaban J connectivity index is 2.18. The Labute approximate surface area is 257 Å². The second-order valence-corrected chi connectivity index (χ2v) is 13.2. The third-order valence-electron chi connectivity index (χ3n) is 7.12. The highest BCUT2D eigenvalue weighted by atomic mass is 16.6. The Morgan fingerprint density at radius 1 is 1.21 bits per heavy atom. The number of nitrogens with one attached hydrogen (secondary N) is 2. The number of ether oxygens (including phenoxy) is 3. The number of carbonyl (C=O) groups is 3. The number of aliphatic hydroxyl groups excluding tert-OH is 1. The van der Waals surface area contributed by atoms with Gasteiger partial charge in [-0.25, -0.2) is 4.79 Å². The van der Waals surface area contributed by atoms with Crippen molar-refractivity contribution in [3.05, 3.63) is 36.9 Å². The number of unbranched alkanes of at least 4 members (excludes halogenated alkanes) is 1. The Morgan fingerprint density at radius 3 is 2.56 bits per heavy atom. The smallest absolute Gasteiger partial charge is 0.407 e. The molecular weight excluding hydrogens is 550 g/mol. The van der Waals surface area contributed by atoms with Crippen LogP contribution < -0.4 is 20.3 Å². The topological polar surface area (TPSA) is 126 Å². The summed E-state index contributed by atoms with van der Waals surface area (Å²) in [6.07, 6.45) is 2.04. The van der Waals surface area contributed by atoms with Crippen molar-refractivity contribution < 1.29 is 33.7 Å². The molecule has 2 rings (SSSR count). The summed E-state index contributed by atoms with van der Waals surface area (Å²) in [4.78, 5) is 40.9. The van der Waals surface area contributed by atoms with Gasteiger partial charge in [-0.05, 0) is 57.6 Å². The number of carbonyl (C=O) groups excluding carboxylic acids is 3. The van der Waals surface area contributed by atoms with E-state index in [1.165, 1.54) is 0 Å². The molecule has 242 valence electrons. The first-order chi connectivity index (χ1) is 20.2. The molecule has 0 aromatic heterocycles. The van der Waals surface area contributed by atoms with Gasteiger partial charge in [-0.1, -0.05) is 52.3 Å². The molecule has 1 heterocycles. The molecule has 0 saturated carbocycles. The van der Waals surface area contributed by atoms with E-state index in [4.69, 9.17) is 14.2 Å². The highest BCUT2D eigenvalue weighted by Gasteiger charge is 2.37. The molecule has 1 aromatic rings. The van der Waals surface area contributed by atoms with E-state index in [2.05, 4.69) is 17.2 Å². The van der Waals surface area contributed by atoms with E-state index in [-0.39, 0.29) is 37.2 Å². The molecule has 3 N–H and O–H groups in total. The summed E-state index contributed by atoms with van der Waals surface area (Å²) in [6, 6.07) is 6.65. The van der Waals surface area contributed by atoms with Crippen LogP contribution in [0.4, 0.5) is 10.5 Å². The van der Waals surface area contributed by atoms with Gasteiger partial charge in [-0.3, -0.25) is 9.59 Å². The molecule has 0 saturated heterocycles. The van der Waals surface area contributed by atoms with E-state index in [0.717, 1.165) is 12.8 Å². The highest BCUT2D eigenvalue weighted by Crippen LogP contribution is 2.36. The maximum absolute atomic E-state index is 13.8. The second-order valence-electron chi connectivity index (χ2n) is 13.2. The molecule has 0 aliphatic carbocycles. The Morgan fingerprint density at radius 2 is 1.91 bits per heavy atom. The van der Waals surface area contributed by atoms with Gasteiger partial charge in [-0.2, -0.15) is 0 Å². The Hall–Kier alpha value is -3.11. The van der Waals surface area contributed by atoms with Crippen LogP contribution in [0.5, 0.6) is 5.75 Å². The van der Waals surface area contributed by atoms with Crippen LogP contribution in [-0.4, -0.2) is 73.2 Å². The van der Waals surface area contributed by atoms with E-state index >= 15 is 0 Å². The zero-order valence-corrected chi connectivity index (χ0v) is 27.1. The number of para-hydroxylation sites is 2. The number of aliphatic hydroxyl groups is 1. The molecule has 1 aliphatic heterocycles. The summed E-state index contributed by atoms with van der Waals surface area (Å²) in [7, 11) is 0. The van der Waals surface area contributed by atoms with Crippen LogP contribution in [0, 0.1) is 11.3 Å². The third-order valence-corrected chi connectivity index (χ3v) is 7.12. The summed E-state index contributed by atoms with van der Waals surface area (Å²) >= 11 is 0. The molecule has 43 heavy (non-hydrogen) atoms. The van der Waals surface area contributed by atoms with E-state index in [0.29, 0.717) is 37.7 Å². The second kappa shape index (κ2) is 16.7. The van der Waals surface area contributed by atoms with Gasteiger partial charge in [0.15, 0.2) is 0 Å². The van der Waals surface area contributed by atoms with E-state index in [1.54, 1.807) is 38.7 Å². The lowest BCUT2D eigenvalue weighted by molar-refractivity contribution is -0.125. The fourth-order valence-corrected chi connectivity index (χ4v) is 5.01. The number of amides is 3. The lowest BCUT2D eigenvalue weighted by Crippen LogP contribution is -2.50. The average Bonchev–Trinajstić information content (AvgIpc) is 2.90. The van der Waals surface area contributed by atoms with Crippen LogP contribution >= 0.6 is 0 Å². The van der Waals surface area contributed by atoms with Gasteiger partial charge in [0.1, 0.15) is 17.5 Å². The molecule has 1 aliphatic rings. The van der Waals surface area contributed by atoms with Gasteiger partial charge >= 0.3 is 6.09 Å². The zero-order valence-electron chi connectivity index (χ0n) is 27.1. The minimum absolute atomic E-state index is 0.108. The summed E-state index contributed by atoms with van der Waals surface area (Å²) < 4.78 is 17.1. The maximum atomic E-state index is 13.8. The van der Waals surface area contributed by atoms with Crippen molar-refractivity contribution in [1.29, 1.82) is 0 Å². The van der Waals surface area contributed by atoms with E-state index in [1.807, 2.05) is 45.0 Å². The molecule has 0 spiro atoms. The van der Waals surface area contributed by atoms with Gasteiger partial charge in [0.25, 0.3) is 0 Å². The van der Waals surface area contributed by atoms with Gasteiger partial charge in [0.2, 0.25) is 11.8 Å².